The molecule has 1 aromatic rings. The second-order valence-electron chi connectivity index (χ2n) is 4.93. The van der Waals surface area contributed by atoms with Crippen LogP contribution in [0.2, 0.25) is 5.02 Å². The van der Waals surface area contributed by atoms with Gasteiger partial charge in [0.25, 0.3) is 0 Å². The largest absolute Gasteiger partial charge is 0.480 e. The Kier molecular flexibility index (Phi) is 3.90. The van der Waals surface area contributed by atoms with Crippen molar-refractivity contribution in [3.05, 3.63) is 34.6 Å². The summed E-state index contributed by atoms with van der Waals surface area (Å²) in [6.45, 7) is 0. The summed E-state index contributed by atoms with van der Waals surface area (Å²) in [7, 11) is 0. The van der Waals surface area contributed by atoms with Gasteiger partial charge >= 0.3 is 5.97 Å². The fourth-order valence-corrected chi connectivity index (χ4v) is 2.80. The molecule has 1 aliphatic carbocycles. The number of hydrogen-bond acceptors (Lipinski definition) is 2. The molecule has 5 heteroatoms. The first kappa shape index (κ1) is 14.0. The molecule has 0 heterocycles. The predicted molar refractivity (Wildman–Crippen MR) is 68.7 cm³/mol. The molecule has 1 aliphatic rings. The van der Waals surface area contributed by atoms with E-state index in [4.69, 9.17) is 11.6 Å². The van der Waals surface area contributed by atoms with Crippen LogP contribution >= 0.6 is 11.6 Å². The first-order chi connectivity index (χ1) is 8.95. The van der Waals surface area contributed by atoms with Crippen molar-refractivity contribution >= 4 is 23.4 Å². The Bertz CT molecular complexity index is 529. The summed E-state index contributed by atoms with van der Waals surface area (Å²) in [6, 6.07) is 3.81. The van der Waals surface area contributed by atoms with Crippen molar-refractivity contribution < 1.29 is 19.1 Å². The van der Waals surface area contributed by atoms with Gasteiger partial charge in [-0.2, -0.15) is 0 Å². The highest BCUT2D eigenvalue weighted by atomic mass is 35.5. The lowest BCUT2D eigenvalue weighted by molar-refractivity contribution is -0.157. The fourth-order valence-electron chi connectivity index (χ4n) is 2.57. The van der Waals surface area contributed by atoms with E-state index in [2.05, 4.69) is 0 Å². The molecule has 1 atom stereocenters. The number of hydrogen-bond donors (Lipinski definition) is 1. The number of aliphatic carboxylic acids is 1. The summed E-state index contributed by atoms with van der Waals surface area (Å²) >= 11 is 5.92. The Balaban J connectivity index is 2.36. The molecule has 1 unspecified atom stereocenters. The zero-order valence-corrected chi connectivity index (χ0v) is 11.0. The molecule has 1 N–H and O–H groups in total. The minimum Gasteiger partial charge on any atom is -0.480 e. The van der Waals surface area contributed by atoms with Crippen molar-refractivity contribution in [1.82, 2.24) is 0 Å². The van der Waals surface area contributed by atoms with Crippen LogP contribution in [-0.2, 0) is 16.0 Å². The summed E-state index contributed by atoms with van der Waals surface area (Å²) in [6.07, 6.45) is 2.06. The van der Waals surface area contributed by atoms with Crippen molar-refractivity contribution in [1.29, 1.82) is 0 Å². The SMILES string of the molecule is O=C(O)C1(Cc2ccc(F)cc2Cl)CCCCC1=O. The van der Waals surface area contributed by atoms with E-state index >= 15 is 0 Å². The van der Waals surface area contributed by atoms with Crippen molar-refractivity contribution in [3.8, 4) is 0 Å². The highest BCUT2D eigenvalue weighted by Gasteiger charge is 2.47. The van der Waals surface area contributed by atoms with Gasteiger partial charge in [0.1, 0.15) is 11.2 Å². The zero-order valence-electron chi connectivity index (χ0n) is 10.3. The van der Waals surface area contributed by atoms with Crippen LogP contribution in [-0.4, -0.2) is 16.9 Å². The minimum atomic E-state index is -1.40. The Morgan fingerprint density at radius 1 is 1.42 bits per heavy atom. The lowest BCUT2D eigenvalue weighted by atomic mass is 9.69. The van der Waals surface area contributed by atoms with Gasteiger partial charge in [0, 0.05) is 11.4 Å². The maximum atomic E-state index is 13.0. The number of Topliss-reactive ketones (excluding diaryl/α,β-unsaturated/α-hetero) is 1. The number of ketones is 1. The molecule has 2 rings (SSSR count). The molecule has 0 saturated heterocycles. The number of halogens is 2. The van der Waals surface area contributed by atoms with Crippen LogP contribution in [0.3, 0.4) is 0 Å². The Morgan fingerprint density at radius 3 is 2.74 bits per heavy atom. The lowest BCUT2D eigenvalue weighted by Gasteiger charge is -2.31. The van der Waals surface area contributed by atoms with Gasteiger partial charge in [-0.15, -0.1) is 0 Å². The first-order valence-electron chi connectivity index (χ1n) is 6.16. The molecule has 3 nitrogen and oxygen atoms in total. The number of carbonyl (C=O) groups is 2. The van der Waals surface area contributed by atoms with Gasteiger partial charge in [0.05, 0.1) is 0 Å². The van der Waals surface area contributed by atoms with Gasteiger partial charge in [-0.25, -0.2) is 4.39 Å². The van der Waals surface area contributed by atoms with E-state index in [1.807, 2.05) is 0 Å². The Labute approximate surface area is 115 Å². The number of carbonyl (C=O) groups excluding carboxylic acids is 1. The maximum absolute atomic E-state index is 13.0. The van der Waals surface area contributed by atoms with Crippen LogP contribution in [0.4, 0.5) is 4.39 Å². The molecule has 0 radical (unpaired) electrons. The van der Waals surface area contributed by atoms with Gasteiger partial charge < -0.3 is 5.11 Å². The van der Waals surface area contributed by atoms with Crippen molar-refractivity contribution in [2.75, 3.05) is 0 Å². The molecule has 19 heavy (non-hydrogen) atoms. The van der Waals surface area contributed by atoms with Crippen molar-refractivity contribution in [2.45, 2.75) is 32.1 Å². The van der Waals surface area contributed by atoms with E-state index in [0.717, 1.165) is 12.5 Å². The van der Waals surface area contributed by atoms with Crippen LogP contribution < -0.4 is 0 Å². The third kappa shape index (κ3) is 2.63. The molecule has 0 amide bonds. The minimum absolute atomic E-state index is 0.0281. The van der Waals surface area contributed by atoms with Gasteiger partial charge in [-0.05, 0) is 37.0 Å². The van der Waals surface area contributed by atoms with Crippen LogP contribution in [0.25, 0.3) is 0 Å². The van der Waals surface area contributed by atoms with E-state index in [9.17, 15) is 19.1 Å². The summed E-state index contributed by atoms with van der Waals surface area (Å²) in [5, 5.41) is 9.59. The molecule has 1 saturated carbocycles. The second kappa shape index (κ2) is 5.29. The topological polar surface area (TPSA) is 54.4 Å². The van der Waals surface area contributed by atoms with Crippen molar-refractivity contribution in [2.24, 2.45) is 5.41 Å². The van der Waals surface area contributed by atoms with Gasteiger partial charge in [-0.1, -0.05) is 24.1 Å². The lowest BCUT2D eigenvalue weighted by Crippen LogP contribution is -2.43. The molecular formula is C14H14ClFO3. The smallest absolute Gasteiger partial charge is 0.317 e. The summed E-state index contributed by atoms with van der Waals surface area (Å²) < 4.78 is 13.0. The van der Waals surface area contributed by atoms with E-state index in [-0.39, 0.29) is 23.6 Å². The van der Waals surface area contributed by atoms with Crippen LogP contribution in [0.5, 0.6) is 0 Å². The number of carboxylic acids is 1. The molecular weight excluding hydrogens is 271 g/mol. The summed E-state index contributed by atoms with van der Waals surface area (Å²) in [5.74, 6) is -1.85. The number of carboxylic acid groups (broad SMARTS) is 1. The Hall–Kier alpha value is -1.42. The number of rotatable bonds is 3. The molecule has 0 aliphatic heterocycles. The summed E-state index contributed by atoms with van der Waals surface area (Å²) in [4.78, 5) is 23.6. The molecule has 102 valence electrons. The van der Waals surface area contributed by atoms with Gasteiger partial charge in [0.15, 0.2) is 5.78 Å². The van der Waals surface area contributed by atoms with E-state index in [1.54, 1.807) is 0 Å². The maximum Gasteiger partial charge on any atom is 0.317 e. The van der Waals surface area contributed by atoms with Gasteiger partial charge in [-0.3, -0.25) is 9.59 Å². The van der Waals surface area contributed by atoms with Gasteiger partial charge in [0.2, 0.25) is 0 Å². The molecule has 0 spiro atoms. The molecule has 1 aromatic carbocycles. The summed E-state index contributed by atoms with van der Waals surface area (Å²) in [5.41, 5.74) is -0.902. The zero-order chi connectivity index (χ0) is 14.0. The highest BCUT2D eigenvalue weighted by molar-refractivity contribution is 6.31. The van der Waals surface area contributed by atoms with Crippen LogP contribution in [0.15, 0.2) is 18.2 Å². The molecule has 0 bridgehead atoms. The Morgan fingerprint density at radius 2 is 2.16 bits per heavy atom. The average molecular weight is 285 g/mol. The fraction of sp³-hybridized carbons (Fsp3) is 0.429. The number of benzene rings is 1. The molecule has 1 fully saturated rings. The highest BCUT2D eigenvalue weighted by Crippen LogP contribution is 2.38. The van der Waals surface area contributed by atoms with Crippen LogP contribution in [0, 0.1) is 11.2 Å². The first-order valence-corrected chi connectivity index (χ1v) is 6.54. The van der Waals surface area contributed by atoms with E-state index < -0.39 is 17.2 Å². The quantitative estimate of drug-likeness (QED) is 0.867. The monoisotopic (exact) mass is 284 g/mol. The second-order valence-corrected chi connectivity index (χ2v) is 5.34. The molecule has 0 aromatic heterocycles. The van der Waals surface area contributed by atoms with E-state index in [1.165, 1.54) is 12.1 Å². The normalized spacial score (nSPS) is 23.4. The average Bonchev–Trinajstić information content (AvgIpc) is 2.35. The third-order valence-electron chi connectivity index (χ3n) is 3.71. The van der Waals surface area contributed by atoms with Crippen LogP contribution in [0.1, 0.15) is 31.2 Å². The van der Waals surface area contributed by atoms with E-state index in [0.29, 0.717) is 18.4 Å². The van der Waals surface area contributed by atoms with Crippen molar-refractivity contribution in [3.63, 3.8) is 0 Å². The third-order valence-corrected chi connectivity index (χ3v) is 4.06. The standard InChI is InChI=1S/C14H14ClFO3/c15-11-7-10(16)5-4-9(11)8-14(13(18)19)6-2-1-3-12(14)17/h4-5,7H,1-3,6,8H2,(H,18,19). The predicted octanol–water partition coefficient (Wildman–Crippen LogP) is 3.24.